The average Bonchev–Trinajstić information content (AvgIpc) is 2.97. The Morgan fingerprint density at radius 3 is 2.85 bits per heavy atom. The highest BCUT2D eigenvalue weighted by Crippen LogP contribution is 2.37. The predicted molar refractivity (Wildman–Crippen MR) is 79.7 cm³/mol. The van der Waals surface area contributed by atoms with Crippen LogP contribution in [0.25, 0.3) is 0 Å². The lowest BCUT2D eigenvalue weighted by Gasteiger charge is -2.30. The highest BCUT2D eigenvalue weighted by Gasteiger charge is 2.33. The second-order valence-electron chi connectivity index (χ2n) is 6.30. The number of aliphatic hydroxyl groups excluding tert-OH is 1. The molecule has 0 bridgehead atoms. The Labute approximate surface area is 121 Å². The lowest BCUT2D eigenvalue weighted by molar-refractivity contribution is 0.0381. The molecule has 1 fully saturated rings. The molecule has 1 aromatic carbocycles. The first kappa shape index (κ1) is 14.1. The van der Waals surface area contributed by atoms with E-state index in [0.717, 1.165) is 39.0 Å². The van der Waals surface area contributed by atoms with Gasteiger partial charge in [-0.15, -0.1) is 0 Å². The Morgan fingerprint density at radius 2 is 2.05 bits per heavy atom. The maximum atomic E-state index is 9.64. The fourth-order valence-electron chi connectivity index (χ4n) is 3.63. The minimum atomic E-state index is 0.119. The van der Waals surface area contributed by atoms with Gasteiger partial charge in [-0.2, -0.15) is 0 Å². The molecule has 0 spiro atoms. The molecule has 2 N–H and O–H groups in total. The molecule has 3 nitrogen and oxygen atoms in total. The standard InChI is InChI=1S/C17H25NO2/c19-13-17(8-3-4-9-17)12-18-11-16-15-6-2-1-5-14(15)7-10-20-16/h1-2,5-6,16,18-19H,3-4,7-13H2. The molecule has 2 aliphatic rings. The zero-order valence-electron chi connectivity index (χ0n) is 12.1. The van der Waals surface area contributed by atoms with E-state index in [-0.39, 0.29) is 11.5 Å². The third-order valence-corrected chi connectivity index (χ3v) is 4.92. The lowest BCUT2D eigenvalue weighted by Crippen LogP contribution is -2.38. The Hall–Kier alpha value is -0.900. The van der Waals surface area contributed by atoms with Gasteiger partial charge < -0.3 is 15.2 Å². The van der Waals surface area contributed by atoms with Gasteiger partial charge in [-0.05, 0) is 30.4 Å². The van der Waals surface area contributed by atoms with E-state index in [9.17, 15) is 5.11 Å². The summed E-state index contributed by atoms with van der Waals surface area (Å²) in [6.07, 6.45) is 6.00. The van der Waals surface area contributed by atoms with Crippen LogP contribution in [0, 0.1) is 5.41 Å². The van der Waals surface area contributed by atoms with Crippen molar-refractivity contribution < 1.29 is 9.84 Å². The molecule has 0 aromatic heterocycles. The molecule has 0 saturated heterocycles. The summed E-state index contributed by atoms with van der Waals surface area (Å²) in [4.78, 5) is 0. The van der Waals surface area contributed by atoms with Crippen LogP contribution in [0.1, 0.15) is 42.9 Å². The van der Waals surface area contributed by atoms with Gasteiger partial charge in [0.05, 0.1) is 12.7 Å². The van der Waals surface area contributed by atoms with E-state index in [2.05, 4.69) is 29.6 Å². The van der Waals surface area contributed by atoms with E-state index in [1.54, 1.807) is 0 Å². The number of nitrogens with one attached hydrogen (secondary N) is 1. The van der Waals surface area contributed by atoms with E-state index in [4.69, 9.17) is 4.74 Å². The van der Waals surface area contributed by atoms with Crippen molar-refractivity contribution in [3.63, 3.8) is 0 Å². The topological polar surface area (TPSA) is 41.5 Å². The van der Waals surface area contributed by atoms with Crippen molar-refractivity contribution in [2.45, 2.75) is 38.2 Å². The molecule has 0 amide bonds. The molecule has 1 atom stereocenters. The van der Waals surface area contributed by atoms with Gasteiger partial charge >= 0.3 is 0 Å². The van der Waals surface area contributed by atoms with Crippen LogP contribution in [0.15, 0.2) is 24.3 Å². The highest BCUT2D eigenvalue weighted by molar-refractivity contribution is 5.31. The Morgan fingerprint density at radius 1 is 1.25 bits per heavy atom. The summed E-state index contributed by atoms with van der Waals surface area (Å²) in [6.45, 7) is 2.88. The summed E-state index contributed by atoms with van der Waals surface area (Å²) in [7, 11) is 0. The minimum absolute atomic E-state index is 0.119. The van der Waals surface area contributed by atoms with Crippen LogP contribution < -0.4 is 5.32 Å². The second kappa shape index (κ2) is 6.25. The van der Waals surface area contributed by atoms with Gasteiger partial charge in [0.1, 0.15) is 0 Å². The summed E-state index contributed by atoms with van der Waals surface area (Å²) in [5.74, 6) is 0. The van der Waals surface area contributed by atoms with Crippen LogP contribution in [0.4, 0.5) is 0 Å². The first-order valence-electron chi connectivity index (χ1n) is 7.84. The molecule has 20 heavy (non-hydrogen) atoms. The fourth-order valence-corrected chi connectivity index (χ4v) is 3.63. The molecule has 1 aliphatic heterocycles. The number of hydrogen-bond donors (Lipinski definition) is 2. The highest BCUT2D eigenvalue weighted by atomic mass is 16.5. The average molecular weight is 275 g/mol. The van der Waals surface area contributed by atoms with Crippen molar-refractivity contribution in [1.82, 2.24) is 5.32 Å². The number of aliphatic hydroxyl groups is 1. The van der Waals surface area contributed by atoms with Crippen molar-refractivity contribution in [1.29, 1.82) is 0 Å². The van der Waals surface area contributed by atoms with E-state index >= 15 is 0 Å². The van der Waals surface area contributed by atoms with Crippen LogP contribution in [0.5, 0.6) is 0 Å². The van der Waals surface area contributed by atoms with E-state index in [1.165, 1.54) is 24.0 Å². The SMILES string of the molecule is OCC1(CNCC2OCCc3ccccc32)CCCC1. The normalized spacial score (nSPS) is 24.6. The first-order valence-corrected chi connectivity index (χ1v) is 7.84. The molecule has 1 heterocycles. The van der Waals surface area contributed by atoms with E-state index < -0.39 is 0 Å². The maximum absolute atomic E-state index is 9.64. The molecule has 0 radical (unpaired) electrons. The molecule has 1 aromatic rings. The number of benzene rings is 1. The van der Waals surface area contributed by atoms with Gasteiger partial charge in [0.25, 0.3) is 0 Å². The van der Waals surface area contributed by atoms with Crippen LogP contribution in [0.3, 0.4) is 0 Å². The molecule has 110 valence electrons. The van der Waals surface area contributed by atoms with Crippen molar-refractivity contribution >= 4 is 0 Å². The summed E-state index contributed by atoms with van der Waals surface area (Å²) < 4.78 is 5.91. The van der Waals surface area contributed by atoms with Gasteiger partial charge in [-0.25, -0.2) is 0 Å². The number of rotatable bonds is 5. The number of fused-ring (bicyclic) bond motifs is 1. The number of hydrogen-bond acceptors (Lipinski definition) is 3. The number of ether oxygens (including phenoxy) is 1. The Kier molecular flexibility index (Phi) is 4.39. The van der Waals surface area contributed by atoms with Crippen molar-refractivity contribution in [3.8, 4) is 0 Å². The molecule has 3 heteroatoms. The van der Waals surface area contributed by atoms with Crippen LogP contribution in [0.2, 0.25) is 0 Å². The smallest absolute Gasteiger partial charge is 0.0952 e. The van der Waals surface area contributed by atoms with E-state index in [1.807, 2.05) is 0 Å². The van der Waals surface area contributed by atoms with Gasteiger partial charge in [-0.3, -0.25) is 0 Å². The first-order chi connectivity index (χ1) is 9.83. The third kappa shape index (κ3) is 2.90. The molecule has 3 rings (SSSR count). The molecule has 1 aliphatic carbocycles. The molecule has 1 saturated carbocycles. The van der Waals surface area contributed by atoms with Crippen molar-refractivity contribution in [2.75, 3.05) is 26.3 Å². The Balaban J connectivity index is 1.57. The van der Waals surface area contributed by atoms with Gasteiger partial charge in [-0.1, -0.05) is 37.1 Å². The second-order valence-corrected chi connectivity index (χ2v) is 6.30. The third-order valence-electron chi connectivity index (χ3n) is 4.92. The largest absolute Gasteiger partial charge is 0.396 e. The van der Waals surface area contributed by atoms with Crippen molar-refractivity contribution in [3.05, 3.63) is 35.4 Å². The molecular formula is C17H25NO2. The zero-order chi connectivity index (χ0) is 13.8. The molecular weight excluding hydrogens is 250 g/mol. The Bertz CT molecular complexity index is 440. The van der Waals surface area contributed by atoms with E-state index in [0.29, 0.717) is 6.61 Å². The van der Waals surface area contributed by atoms with Crippen molar-refractivity contribution in [2.24, 2.45) is 5.41 Å². The van der Waals surface area contributed by atoms with Crippen LogP contribution >= 0.6 is 0 Å². The van der Waals surface area contributed by atoms with Gasteiger partial charge in [0, 0.05) is 25.1 Å². The zero-order valence-corrected chi connectivity index (χ0v) is 12.1. The summed E-state index contributed by atoms with van der Waals surface area (Å²) in [5.41, 5.74) is 2.87. The van der Waals surface area contributed by atoms with Gasteiger partial charge in [0.2, 0.25) is 0 Å². The predicted octanol–water partition coefficient (Wildman–Crippen LogP) is 2.44. The summed E-state index contributed by atoms with van der Waals surface area (Å²) in [6, 6.07) is 8.58. The summed E-state index contributed by atoms with van der Waals surface area (Å²) in [5, 5.41) is 13.2. The quantitative estimate of drug-likeness (QED) is 0.867. The van der Waals surface area contributed by atoms with Gasteiger partial charge in [0.15, 0.2) is 0 Å². The fraction of sp³-hybridized carbons (Fsp3) is 0.647. The minimum Gasteiger partial charge on any atom is -0.396 e. The monoisotopic (exact) mass is 275 g/mol. The van der Waals surface area contributed by atoms with Crippen LogP contribution in [-0.4, -0.2) is 31.4 Å². The maximum Gasteiger partial charge on any atom is 0.0952 e. The lowest BCUT2D eigenvalue weighted by atomic mass is 9.87. The summed E-state index contributed by atoms with van der Waals surface area (Å²) >= 11 is 0. The van der Waals surface area contributed by atoms with Crippen LogP contribution in [-0.2, 0) is 11.2 Å². The molecule has 1 unspecified atom stereocenters.